The van der Waals surface area contributed by atoms with Crippen molar-refractivity contribution in [3.63, 3.8) is 0 Å². The van der Waals surface area contributed by atoms with Gasteiger partial charge in [-0.2, -0.15) is 0 Å². The molecule has 1 amide bonds. The molecule has 23 heavy (non-hydrogen) atoms. The maximum Gasteiger partial charge on any atom is 0.276 e. The van der Waals surface area contributed by atoms with Crippen molar-refractivity contribution in [1.82, 2.24) is 10.2 Å². The van der Waals surface area contributed by atoms with E-state index in [0.717, 1.165) is 12.8 Å². The van der Waals surface area contributed by atoms with Gasteiger partial charge in [0, 0.05) is 21.8 Å². The fourth-order valence-corrected chi connectivity index (χ4v) is 3.16. The second-order valence-electron chi connectivity index (χ2n) is 5.54. The lowest BCUT2D eigenvalue weighted by Crippen LogP contribution is -2.18. The lowest BCUT2D eigenvalue weighted by atomic mass is 10.2. The van der Waals surface area contributed by atoms with Gasteiger partial charge >= 0.3 is 0 Å². The predicted octanol–water partition coefficient (Wildman–Crippen LogP) is 4.39. The Morgan fingerprint density at radius 1 is 1.04 bits per heavy atom. The van der Waals surface area contributed by atoms with Gasteiger partial charge < -0.3 is 10.6 Å². The average molecular weight is 351 g/mol. The highest BCUT2D eigenvalue weighted by Crippen LogP contribution is 2.23. The van der Waals surface area contributed by atoms with Crippen molar-refractivity contribution in [2.75, 3.05) is 10.6 Å². The Labute approximate surface area is 144 Å². The fraction of sp³-hybridized carbons (Fsp3) is 0.312. The van der Waals surface area contributed by atoms with Crippen LogP contribution in [0.1, 0.15) is 36.2 Å². The Bertz CT molecular complexity index is 679. The first-order valence-electron chi connectivity index (χ1n) is 7.48. The molecule has 0 atom stereocenters. The molecule has 2 N–H and O–H groups in total. The normalized spacial score (nSPS) is 14.7. The van der Waals surface area contributed by atoms with Crippen molar-refractivity contribution in [2.24, 2.45) is 0 Å². The number of hydrogen-bond acceptors (Lipinski definition) is 4. The van der Waals surface area contributed by atoms with Gasteiger partial charge in [-0.15, -0.1) is 10.2 Å². The van der Waals surface area contributed by atoms with Crippen molar-refractivity contribution >= 4 is 40.6 Å². The summed E-state index contributed by atoms with van der Waals surface area (Å²) in [6.07, 6.45) is 4.79. The second-order valence-corrected chi connectivity index (χ2v) is 6.41. The third kappa shape index (κ3) is 4.33. The van der Waals surface area contributed by atoms with E-state index in [0.29, 0.717) is 27.6 Å². The molecule has 1 aliphatic rings. The highest BCUT2D eigenvalue weighted by Gasteiger charge is 2.15. The van der Waals surface area contributed by atoms with Crippen LogP contribution in [0.5, 0.6) is 0 Å². The highest BCUT2D eigenvalue weighted by molar-refractivity contribution is 6.35. The number of aromatic nitrogens is 2. The van der Waals surface area contributed by atoms with E-state index < -0.39 is 0 Å². The van der Waals surface area contributed by atoms with Crippen LogP contribution in [0.15, 0.2) is 30.3 Å². The molecule has 5 nitrogen and oxygen atoms in total. The Hall–Kier alpha value is -1.85. The summed E-state index contributed by atoms with van der Waals surface area (Å²) in [6.45, 7) is 0. The number of carbonyl (C=O) groups excluding carboxylic acids is 1. The number of anilines is 2. The molecule has 3 rings (SSSR count). The highest BCUT2D eigenvalue weighted by atomic mass is 35.5. The van der Waals surface area contributed by atoms with Gasteiger partial charge in [0.25, 0.3) is 5.91 Å². The zero-order chi connectivity index (χ0) is 16.2. The van der Waals surface area contributed by atoms with Crippen molar-refractivity contribution < 1.29 is 4.79 Å². The first-order chi connectivity index (χ1) is 11.1. The summed E-state index contributed by atoms with van der Waals surface area (Å²) in [6, 6.07) is 8.71. The predicted molar refractivity (Wildman–Crippen MR) is 92.3 cm³/mol. The summed E-state index contributed by atoms with van der Waals surface area (Å²) < 4.78 is 0. The van der Waals surface area contributed by atoms with E-state index in [1.165, 1.54) is 12.8 Å². The molecule has 0 aliphatic heterocycles. The summed E-state index contributed by atoms with van der Waals surface area (Å²) in [7, 11) is 0. The van der Waals surface area contributed by atoms with Crippen molar-refractivity contribution in [1.29, 1.82) is 0 Å². The molecule has 2 aromatic rings. The van der Waals surface area contributed by atoms with E-state index in [4.69, 9.17) is 23.2 Å². The topological polar surface area (TPSA) is 66.9 Å². The Kier molecular flexibility index (Phi) is 4.98. The number of nitrogens with zero attached hydrogens (tertiary/aromatic N) is 2. The van der Waals surface area contributed by atoms with E-state index >= 15 is 0 Å². The SMILES string of the molecule is O=C(Nc1cc(Cl)cc(Cl)c1)c1ccc(NC2CCCC2)nn1. The van der Waals surface area contributed by atoms with Crippen LogP contribution in [0, 0.1) is 0 Å². The molecule has 1 fully saturated rings. The van der Waals surface area contributed by atoms with Crippen LogP contribution in [-0.4, -0.2) is 22.1 Å². The van der Waals surface area contributed by atoms with E-state index in [1.54, 1.807) is 30.3 Å². The molecule has 1 aliphatic carbocycles. The van der Waals surface area contributed by atoms with Crippen LogP contribution in [-0.2, 0) is 0 Å². The molecule has 120 valence electrons. The lowest BCUT2D eigenvalue weighted by Gasteiger charge is -2.12. The zero-order valence-electron chi connectivity index (χ0n) is 12.4. The van der Waals surface area contributed by atoms with Crippen LogP contribution < -0.4 is 10.6 Å². The minimum absolute atomic E-state index is 0.234. The molecule has 0 bridgehead atoms. The van der Waals surface area contributed by atoms with Crippen LogP contribution in [0.2, 0.25) is 10.0 Å². The number of hydrogen-bond donors (Lipinski definition) is 2. The van der Waals surface area contributed by atoms with E-state index in [2.05, 4.69) is 20.8 Å². The fourth-order valence-electron chi connectivity index (χ4n) is 2.63. The Morgan fingerprint density at radius 3 is 2.35 bits per heavy atom. The molecule has 1 aromatic heterocycles. The maximum absolute atomic E-state index is 12.2. The maximum atomic E-state index is 12.2. The van der Waals surface area contributed by atoms with Crippen LogP contribution in [0.25, 0.3) is 0 Å². The van der Waals surface area contributed by atoms with E-state index in [9.17, 15) is 4.79 Å². The zero-order valence-corrected chi connectivity index (χ0v) is 13.9. The number of nitrogens with one attached hydrogen (secondary N) is 2. The summed E-state index contributed by atoms with van der Waals surface area (Å²) in [5.74, 6) is 0.336. The summed E-state index contributed by atoms with van der Waals surface area (Å²) in [5.41, 5.74) is 0.750. The smallest absolute Gasteiger partial charge is 0.276 e. The Morgan fingerprint density at radius 2 is 1.74 bits per heavy atom. The first kappa shape index (κ1) is 16.0. The van der Waals surface area contributed by atoms with Gasteiger partial charge in [0.05, 0.1) is 0 Å². The molecule has 0 spiro atoms. The largest absolute Gasteiger partial charge is 0.366 e. The number of carbonyl (C=O) groups is 1. The second kappa shape index (κ2) is 7.15. The number of amides is 1. The van der Waals surface area contributed by atoms with Crippen molar-refractivity contribution in [2.45, 2.75) is 31.7 Å². The Balaban J connectivity index is 1.65. The third-order valence-electron chi connectivity index (χ3n) is 3.72. The third-order valence-corrected chi connectivity index (χ3v) is 4.16. The van der Waals surface area contributed by atoms with Gasteiger partial charge in [0.1, 0.15) is 5.82 Å². The number of rotatable bonds is 4. The number of benzene rings is 1. The summed E-state index contributed by atoms with van der Waals surface area (Å²) >= 11 is 11.8. The van der Waals surface area contributed by atoms with Gasteiger partial charge in [-0.25, -0.2) is 0 Å². The van der Waals surface area contributed by atoms with Crippen molar-refractivity contribution in [3.05, 3.63) is 46.1 Å². The molecule has 0 unspecified atom stereocenters. The molecular formula is C16H16Cl2N4O. The summed E-state index contributed by atoms with van der Waals surface area (Å²) in [5, 5.41) is 15.0. The minimum atomic E-state index is -0.358. The number of halogens is 2. The van der Waals surface area contributed by atoms with Gasteiger partial charge in [0.2, 0.25) is 0 Å². The van der Waals surface area contributed by atoms with Gasteiger partial charge in [-0.1, -0.05) is 36.0 Å². The molecule has 0 radical (unpaired) electrons. The molecule has 1 aromatic carbocycles. The van der Waals surface area contributed by atoms with Gasteiger partial charge in [-0.3, -0.25) is 4.79 Å². The van der Waals surface area contributed by atoms with Gasteiger partial charge in [-0.05, 0) is 43.2 Å². The summed E-state index contributed by atoms with van der Waals surface area (Å²) in [4.78, 5) is 12.2. The van der Waals surface area contributed by atoms with Crippen molar-refractivity contribution in [3.8, 4) is 0 Å². The lowest BCUT2D eigenvalue weighted by molar-refractivity contribution is 0.102. The van der Waals surface area contributed by atoms with Crippen LogP contribution in [0.4, 0.5) is 11.5 Å². The first-order valence-corrected chi connectivity index (χ1v) is 8.23. The van der Waals surface area contributed by atoms with Gasteiger partial charge in [0.15, 0.2) is 5.69 Å². The average Bonchev–Trinajstić information content (AvgIpc) is 3.00. The van der Waals surface area contributed by atoms with E-state index in [-0.39, 0.29) is 11.6 Å². The molecule has 1 heterocycles. The molecule has 1 saturated carbocycles. The standard InChI is InChI=1S/C16H16Cl2N4O/c17-10-7-11(18)9-13(8-10)20-16(23)14-5-6-15(22-21-14)19-12-3-1-2-4-12/h5-9,12H,1-4H2,(H,19,22)(H,20,23). The monoisotopic (exact) mass is 350 g/mol. The minimum Gasteiger partial charge on any atom is -0.366 e. The quantitative estimate of drug-likeness (QED) is 0.857. The molecule has 0 saturated heterocycles. The van der Waals surface area contributed by atoms with Crippen LogP contribution >= 0.6 is 23.2 Å². The molecular weight excluding hydrogens is 335 g/mol. The van der Waals surface area contributed by atoms with Crippen LogP contribution in [0.3, 0.4) is 0 Å². The molecule has 7 heteroatoms. The van der Waals surface area contributed by atoms with E-state index in [1.807, 2.05) is 0 Å².